The Hall–Kier alpha value is -2.04. The van der Waals surface area contributed by atoms with Crippen LogP contribution in [0.3, 0.4) is 0 Å². The van der Waals surface area contributed by atoms with Gasteiger partial charge in [-0.1, -0.05) is 0 Å². The van der Waals surface area contributed by atoms with E-state index in [1.54, 1.807) is 6.07 Å². The molecule has 0 radical (unpaired) electrons. The fourth-order valence-electron chi connectivity index (χ4n) is 1.55. The summed E-state index contributed by atoms with van der Waals surface area (Å²) in [4.78, 5) is 15.0. The van der Waals surface area contributed by atoms with E-state index in [1.165, 1.54) is 31.4 Å². The van der Waals surface area contributed by atoms with Crippen LogP contribution in [0, 0.1) is 10.1 Å². The molecule has 10 heteroatoms. The Morgan fingerprint density at radius 3 is 2.81 bits per heavy atom. The lowest BCUT2D eigenvalue weighted by Crippen LogP contribution is -2.17. The van der Waals surface area contributed by atoms with E-state index in [0.29, 0.717) is 0 Å². The van der Waals surface area contributed by atoms with Gasteiger partial charge >= 0.3 is 5.69 Å². The number of pyridine rings is 1. The van der Waals surface area contributed by atoms with Crippen molar-refractivity contribution < 1.29 is 13.3 Å². The molecule has 0 aliphatic carbocycles. The van der Waals surface area contributed by atoms with E-state index < -0.39 is 14.9 Å². The maximum absolute atomic E-state index is 11.6. The van der Waals surface area contributed by atoms with Gasteiger partial charge < -0.3 is 5.32 Å². The number of sulfonamides is 1. The van der Waals surface area contributed by atoms with Crippen LogP contribution < -0.4 is 10.0 Å². The van der Waals surface area contributed by atoms with Gasteiger partial charge in [-0.05, 0) is 25.2 Å². The number of nitrogens with one attached hydrogen (secondary N) is 2. The first-order valence-electron chi connectivity index (χ1n) is 5.79. The van der Waals surface area contributed by atoms with Crippen molar-refractivity contribution in [3.05, 3.63) is 45.5 Å². The number of hydrogen-bond donors (Lipinski definition) is 2. The highest BCUT2D eigenvalue weighted by atomic mass is 32.2. The van der Waals surface area contributed by atoms with Gasteiger partial charge in [0.05, 0.1) is 11.5 Å². The molecule has 2 rings (SSSR count). The molecular formula is C11H12N4O4S2. The standard InChI is InChI=1S/C11H12N4O4S2/c1-12-21(18,19)10-5-4-8(20-10)7-14-11-9(15(16)17)3-2-6-13-11/h2-6,12H,7H2,1H3,(H,13,14). The predicted molar refractivity (Wildman–Crippen MR) is 78.8 cm³/mol. The SMILES string of the molecule is CNS(=O)(=O)c1ccc(CNc2ncccc2[N+](=O)[O-])s1. The summed E-state index contributed by atoms with van der Waals surface area (Å²) in [5.41, 5.74) is -0.128. The van der Waals surface area contributed by atoms with Crippen LogP contribution in [0.1, 0.15) is 4.88 Å². The molecule has 0 spiro atoms. The zero-order valence-electron chi connectivity index (χ0n) is 10.9. The van der Waals surface area contributed by atoms with Gasteiger partial charge in [0.2, 0.25) is 15.8 Å². The van der Waals surface area contributed by atoms with E-state index in [9.17, 15) is 18.5 Å². The molecule has 0 saturated carbocycles. The number of thiophene rings is 1. The smallest absolute Gasteiger partial charge is 0.311 e. The van der Waals surface area contributed by atoms with Gasteiger partial charge in [-0.15, -0.1) is 11.3 Å². The van der Waals surface area contributed by atoms with Gasteiger partial charge in [-0.2, -0.15) is 0 Å². The van der Waals surface area contributed by atoms with Crippen molar-refractivity contribution >= 4 is 32.9 Å². The zero-order chi connectivity index (χ0) is 15.5. The summed E-state index contributed by atoms with van der Waals surface area (Å²) >= 11 is 1.09. The monoisotopic (exact) mass is 328 g/mol. The van der Waals surface area contributed by atoms with E-state index in [0.717, 1.165) is 16.2 Å². The predicted octanol–water partition coefficient (Wildman–Crippen LogP) is 1.57. The fourth-order valence-corrected chi connectivity index (χ4v) is 3.68. The van der Waals surface area contributed by atoms with E-state index in [-0.39, 0.29) is 22.3 Å². The van der Waals surface area contributed by atoms with Crippen molar-refractivity contribution in [2.45, 2.75) is 10.8 Å². The van der Waals surface area contributed by atoms with Crippen LogP contribution in [0.2, 0.25) is 0 Å². The molecule has 0 amide bonds. The van der Waals surface area contributed by atoms with E-state index >= 15 is 0 Å². The van der Waals surface area contributed by atoms with Crippen LogP contribution in [-0.2, 0) is 16.6 Å². The molecule has 0 fully saturated rings. The molecule has 2 aromatic rings. The van der Waals surface area contributed by atoms with Crippen LogP contribution in [0.5, 0.6) is 0 Å². The van der Waals surface area contributed by atoms with Crippen LogP contribution in [-0.4, -0.2) is 25.4 Å². The van der Waals surface area contributed by atoms with E-state index in [1.807, 2.05) is 0 Å². The molecule has 2 heterocycles. The van der Waals surface area contributed by atoms with Crippen LogP contribution >= 0.6 is 11.3 Å². The van der Waals surface area contributed by atoms with Gasteiger partial charge in [0, 0.05) is 17.1 Å². The molecule has 2 aromatic heterocycles. The first-order valence-corrected chi connectivity index (χ1v) is 8.09. The van der Waals surface area contributed by atoms with Crippen molar-refractivity contribution in [2.24, 2.45) is 0 Å². The molecular weight excluding hydrogens is 316 g/mol. The summed E-state index contributed by atoms with van der Waals surface area (Å²) < 4.78 is 25.6. The Morgan fingerprint density at radius 2 is 2.14 bits per heavy atom. The lowest BCUT2D eigenvalue weighted by atomic mass is 10.4. The van der Waals surface area contributed by atoms with Gasteiger partial charge in [0.25, 0.3) is 0 Å². The summed E-state index contributed by atoms with van der Waals surface area (Å²) in [5, 5.41) is 13.7. The van der Waals surface area contributed by atoms with Crippen molar-refractivity contribution in [1.29, 1.82) is 0 Å². The molecule has 112 valence electrons. The van der Waals surface area contributed by atoms with Gasteiger partial charge in [-0.25, -0.2) is 18.1 Å². The molecule has 8 nitrogen and oxygen atoms in total. The number of rotatable bonds is 6. The topological polar surface area (TPSA) is 114 Å². The molecule has 0 bridgehead atoms. The minimum atomic E-state index is -3.47. The van der Waals surface area contributed by atoms with Crippen LogP contribution in [0.4, 0.5) is 11.5 Å². The third-order valence-electron chi connectivity index (χ3n) is 2.58. The largest absolute Gasteiger partial charge is 0.359 e. The summed E-state index contributed by atoms with van der Waals surface area (Å²) in [6.45, 7) is 0.252. The number of nitro groups is 1. The van der Waals surface area contributed by atoms with Gasteiger partial charge in [-0.3, -0.25) is 10.1 Å². The Kier molecular flexibility index (Phi) is 4.50. The van der Waals surface area contributed by atoms with Crippen molar-refractivity contribution in [3.8, 4) is 0 Å². The van der Waals surface area contributed by atoms with Crippen molar-refractivity contribution in [2.75, 3.05) is 12.4 Å². The number of aromatic nitrogens is 1. The van der Waals surface area contributed by atoms with E-state index in [2.05, 4.69) is 15.0 Å². The lowest BCUT2D eigenvalue weighted by Gasteiger charge is -2.04. The first kappa shape index (κ1) is 15.4. The highest BCUT2D eigenvalue weighted by molar-refractivity contribution is 7.91. The minimum Gasteiger partial charge on any atom is -0.359 e. The van der Waals surface area contributed by atoms with Crippen molar-refractivity contribution in [3.63, 3.8) is 0 Å². The molecule has 0 atom stereocenters. The highest BCUT2D eigenvalue weighted by Gasteiger charge is 2.16. The van der Waals surface area contributed by atoms with Gasteiger partial charge in [0.1, 0.15) is 4.21 Å². The molecule has 0 saturated heterocycles. The first-order chi connectivity index (χ1) is 9.94. The molecule has 0 aliphatic heterocycles. The summed E-state index contributed by atoms with van der Waals surface area (Å²) in [5.74, 6) is 0.147. The lowest BCUT2D eigenvalue weighted by molar-refractivity contribution is -0.384. The average molecular weight is 328 g/mol. The molecule has 0 aromatic carbocycles. The molecule has 0 aliphatic rings. The quantitative estimate of drug-likeness (QED) is 0.614. The number of nitrogens with zero attached hydrogens (tertiary/aromatic N) is 2. The Labute approximate surface area is 125 Å². The molecule has 21 heavy (non-hydrogen) atoms. The Bertz CT molecular complexity index is 757. The third-order valence-corrected chi connectivity index (χ3v) is 5.58. The second kappa shape index (κ2) is 6.16. The second-order valence-electron chi connectivity index (χ2n) is 3.91. The molecule has 2 N–H and O–H groups in total. The Balaban J connectivity index is 2.13. The summed E-state index contributed by atoms with van der Waals surface area (Å²) in [7, 11) is -2.13. The number of hydrogen-bond acceptors (Lipinski definition) is 7. The van der Waals surface area contributed by atoms with Gasteiger partial charge in [0.15, 0.2) is 0 Å². The maximum atomic E-state index is 11.6. The average Bonchev–Trinajstić information content (AvgIpc) is 2.95. The third kappa shape index (κ3) is 3.54. The molecule has 0 unspecified atom stereocenters. The minimum absolute atomic E-state index is 0.128. The Morgan fingerprint density at radius 1 is 1.38 bits per heavy atom. The fraction of sp³-hybridized carbons (Fsp3) is 0.182. The number of anilines is 1. The summed E-state index contributed by atoms with van der Waals surface area (Å²) in [6, 6.07) is 5.96. The zero-order valence-corrected chi connectivity index (χ0v) is 12.6. The maximum Gasteiger partial charge on any atom is 0.311 e. The summed E-state index contributed by atoms with van der Waals surface area (Å²) in [6.07, 6.45) is 1.45. The van der Waals surface area contributed by atoms with E-state index in [4.69, 9.17) is 0 Å². The van der Waals surface area contributed by atoms with Crippen LogP contribution in [0.15, 0.2) is 34.7 Å². The second-order valence-corrected chi connectivity index (χ2v) is 7.19. The highest BCUT2D eigenvalue weighted by Crippen LogP contribution is 2.24. The van der Waals surface area contributed by atoms with Crippen LogP contribution in [0.25, 0.3) is 0 Å². The normalized spacial score (nSPS) is 11.3. The van der Waals surface area contributed by atoms with Crippen molar-refractivity contribution in [1.82, 2.24) is 9.71 Å².